The summed E-state index contributed by atoms with van der Waals surface area (Å²) in [4.78, 5) is 12.0. The first-order valence-corrected chi connectivity index (χ1v) is 6.99. The topological polar surface area (TPSA) is 75.3 Å². The van der Waals surface area contributed by atoms with Crippen molar-refractivity contribution in [1.82, 2.24) is 5.32 Å². The lowest BCUT2D eigenvalue weighted by Gasteiger charge is -2.12. The van der Waals surface area contributed by atoms with Gasteiger partial charge in [0, 0.05) is 17.8 Å². The molecule has 0 saturated carbocycles. The van der Waals surface area contributed by atoms with Crippen LogP contribution in [0.25, 0.3) is 0 Å². The Balaban J connectivity index is 1.97. The largest absolute Gasteiger partial charge is 0.399 e. The van der Waals surface area contributed by atoms with Crippen molar-refractivity contribution in [1.29, 1.82) is 0 Å². The summed E-state index contributed by atoms with van der Waals surface area (Å²) in [6.07, 6.45) is -0.808. The molecular weight excluding hydrogens is 311 g/mol. The molecule has 0 aliphatic carbocycles. The van der Waals surface area contributed by atoms with E-state index in [4.69, 9.17) is 28.9 Å². The van der Waals surface area contributed by atoms with Crippen LogP contribution in [0.3, 0.4) is 0 Å². The van der Waals surface area contributed by atoms with Gasteiger partial charge in [0.1, 0.15) is 0 Å². The Morgan fingerprint density at radius 2 is 1.81 bits per heavy atom. The normalized spacial score (nSPS) is 12.0. The van der Waals surface area contributed by atoms with Crippen LogP contribution < -0.4 is 11.1 Å². The second-order valence-electron chi connectivity index (χ2n) is 4.52. The number of nitrogens with two attached hydrogens (primary N) is 1. The second kappa shape index (κ2) is 6.80. The number of nitrogen functional groups attached to an aromatic ring is 1. The van der Waals surface area contributed by atoms with Crippen LogP contribution >= 0.6 is 23.2 Å². The Hall–Kier alpha value is -1.75. The van der Waals surface area contributed by atoms with Crippen molar-refractivity contribution in [2.75, 3.05) is 12.3 Å². The molecule has 0 heterocycles. The molecule has 1 amide bonds. The molecule has 0 saturated heterocycles. The predicted octanol–water partition coefficient (Wildman–Crippen LogP) is 3.04. The number of benzene rings is 2. The quantitative estimate of drug-likeness (QED) is 0.756. The molecule has 0 aromatic heterocycles. The van der Waals surface area contributed by atoms with E-state index < -0.39 is 6.10 Å². The number of aliphatic hydroxyl groups excluding tert-OH is 1. The van der Waals surface area contributed by atoms with Crippen LogP contribution in [0.15, 0.2) is 42.5 Å². The van der Waals surface area contributed by atoms with Crippen LogP contribution in [0, 0.1) is 0 Å². The summed E-state index contributed by atoms with van der Waals surface area (Å²) < 4.78 is 0. The zero-order valence-corrected chi connectivity index (χ0v) is 12.5. The molecule has 2 aromatic carbocycles. The highest BCUT2D eigenvalue weighted by Crippen LogP contribution is 2.22. The third kappa shape index (κ3) is 4.11. The van der Waals surface area contributed by atoms with Crippen molar-refractivity contribution in [2.45, 2.75) is 6.10 Å². The number of aliphatic hydroxyl groups is 1. The molecular formula is C15H14Cl2N2O2. The number of hydrogen-bond acceptors (Lipinski definition) is 3. The van der Waals surface area contributed by atoms with Crippen molar-refractivity contribution in [3.63, 3.8) is 0 Å². The Kier molecular flexibility index (Phi) is 5.07. The minimum Gasteiger partial charge on any atom is -0.399 e. The van der Waals surface area contributed by atoms with Gasteiger partial charge >= 0.3 is 0 Å². The molecule has 1 atom stereocenters. The maximum atomic E-state index is 12.0. The van der Waals surface area contributed by atoms with E-state index in [-0.39, 0.29) is 12.5 Å². The van der Waals surface area contributed by atoms with Crippen LogP contribution in [-0.2, 0) is 0 Å². The molecule has 6 heteroatoms. The number of rotatable bonds is 4. The molecule has 4 nitrogen and oxygen atoms in total. The summed E-state index contributed by atoms with van der Waals surface area (Å²) in [6, 6.07) is 11.4. The second-order valence-corrected chi connectivity index (χ2v) is 5.34. The van der Waals surface area contributed by atoms with E-state index in [0.717, 1.165) is 0 Å². The summed E-state index contributed by atoms with van der Waals surface area (Å²) in [5.74, 6) is -0.330. The third-order valence-corrected chi connectivity index (χ3v) is 3.70. The van der Waals surface area contributed by atoms with E-state index in [2.05, 4.69) is 5.32 Å². The van der Waals surface area contributed by atoms with E-state index in [9.17, 15) is 9.90 Å². The minimum atomic E-state index is -0.808. The Labute approximate surface area is 132 Å². The summed E-state index contributed by atoms with van der Waals surface area (Å²) in [5.41, 5.74) is 7.26. The molecule has 0 fully saturated rings. The number of amides is 1. The number of carbonyl (C=O) groups excluding carboxylic acids is 1. The van der Waals surface area contributed by atoms with Crippen LogP contribution in [0.5, 0.6) is 0 Å². The van der Waals surface area contributed by atoms with Gasteiger partial charge in [-0.2, -0.15) is 0 Å². The first-order chi connectivity index (χ1) is 9.97. The van der Waals surface area contributed by atoms with Gasteiger partial charge in [-0.05, 0) is 35.9 Å². The first-order valence-electron chi connectivity index (χ1n) is 6.24. The highest BCUT2D eigenvalue weighted by molar-refractivity contribution is 6.42. The maximum Gasteiger partial charge on any atom is 0.251 e. The van der Waals surface area contributed by atoms with Crippen molar-refractivity contribution in [3.8, 4) is 0 Å². The minimum absolute atomic E-state index is 0.0863. The van der Waals surface area contributed by atoms with E-state index in [1.54, 1.807) is 36.4 Å². The average molecular weight is 325 g/mol. The summed E-state index contributed by atoms with van der Waals surface area (Å²) in [7, 11) is 0. The lowest BCUT2D eigenvalue weighted by Crippen LogP contribution is -2.28. The Bertz CT molecular complexity index is 645. The molecule has 1 unspecified atom stereocenters. The molecule has 0 aliphatic rings. The fraction of sp³-hybridized carbons (Fsp3) is 0.133. The van der Waals surface area contributed by atoms with Crippen molar-refractivity contribution in [3.05, 3.63) is 63.6 Å². The molecule has 21 heavy (non-hydrogen) atoms. The zero-order chi connectivity index (χ0) is 15.4. The standard InChI is InChI=1S/C15H14Cl2N2O2/c16-12-6-3-10(7-13(12)17)15(21)19-8-14(20)9-1-4-11(18)5-2-9/h1-7,14,20H,8,18H2,(H,19,21). The van der Waals surface area contributed by atoms with Gasteiger partial charge < -0.3 is 16.2 Å². The number of carbonyl (C=O) groups is 1. The van der Waals surface area contributed by atoms with E-state index in [1.165, 1.54) is 6.07 Å². The zero-order valence-electron chi connectivity index (χ0n) is 11.0. The molecule has 0 radical (unpaired) electrons. The molecule has 4 N–H and O–H groups in total. The van der Waals surface area contributed by atoms with E-state index >= 15 is 0 Å². The summed E-state index contributed by atoms with van der Waals surface area (Å²) in [6.45, 7) is 0.0863. The highest BCUT2D eigenvalue weighted by atomic mass is 35.5. The number of anilines is 1. The van der Waals surface area contributed by atoms with Crippen molar-refractivity contribution in [2.24, 2.45) is 0 Å². The van der Waals surface area contributed by atoms with E-state index in [0.29, 0.717) is 26.9 Å². The molecule has 0 aliphatic heterocycles. The molecule has 0 spiro atoms. The van der Waals surface area contributed by atoms with Crippen LogP contribution in [0.4, 0.5) is 5.69 Å². The van der Waals surface area contributed by atoms with Gasteiger partial charge in [-0.3, -0.25) is 4.79 Å². The van der Waals surface area contributed by atoms with Gasteiger partial charge in [0.05, 0.1) is 16.1 Å². The van der Waals surface area contributed by atoms with Crippen molar-refractivity contribution >= 4 is 34.8 Å². The fourth-order valence-electron chi connectivity index (χ4n) is 1.76. The Morgan fingerprint density at radius 3 is 2.43 bits per heavy atom. The molecule has 2 rings (SSSR count). The lowest BCUT2D eigenvalue weighted by molar-refractivity contribution is 0.0916. The van der Waals surface area contributed by atoms with Gasteiger partial charge in [-0.15, -0.1) is 0 Å². The van der Waals surface area contributed by atoms with Crippen LogP contribution in [-0.4, -0.2) is 17.6 Å². The number of nitrogens with one attached hydrogen (secondary N) is 1. The van der Waals surface area contributed by atoms with Crippen LogP contribution in [0.2, 0.25) is 10.0 Å². The van der Waals surface area contributed by atoms with Gasteiger partial charge in [-0.25, -0.2) is 0 Å². The van der Waals surface area contributed by atoms with Gasteiger partial charge in [0.25, 0.3) is 5.91 Å². The number of halogens is 2. The van der Waals surface area contributed by atoms with Gasteiger partial charge in [0.15, 0.2) is 0 Å². The molecule has 2 aromatic rings. The average Bonchev–Trinajstić information content (AvgIpc) is 2.48. The van der Waals surface area contributed by atoms with Gasteiger partial charge in [0.2, 0.25) is 0 Å². The first kappa shape index (κ1) is 15.6. The smallest absolute Gasteiger partial charge is 0.251 e. The fourth-order valence-corrected chi connectivity index (χ4v) is 2.06. The lowest BCUT2D eigenvalue weighted by atomic mass is 10.1. The van der Waals surface area contributed by atoms with Gasteiger partial charge in [-0.1, -0.05) is 35.3 Å². The summed E-state index contributed by atoms with van der Waals surface area (Å²) >= 11 is 11.6. The maximum absolute atomic E-state index is 12.0. The molecule has 110 valence electrons. The number of hydrogen-bond donors (Lipinski definition) is 3. The highest BCUT2D eigenvalue weighted by Gasteiger charge is 2.12. The Morgan fingerprint density at radius 1 is 1.14 bits per heavy atom. The third-order valence-electron chi connectivity index (χ3n) is 2.96. The monoisotopic (exact) mass is 324 g/mol. The predicted molar refractivity (Wildman–Crippen MR) is 84.6 cm³/mol. The van der Waals surface area contributed by atoms with E-state index in [1.807, 2.05) is 0 Å². The molecule has 0 bridgehead atoms. The SMILES string of the molecule is Nc1ccc(C(O)CNC(=O)c2ccc(Cl)c(Cl)c2)cc1. The summed E-state index contributed by atoms with van der Waals surface area (Å²) in [5, 5.41) is 13.3. The van der Waals surface area contributed by atoms with Crippen molar-refractivity contribution < 1.29 is 9.90 Å². The van der Waals surface area contributed by atoms with Crippen LogP contribution in [0.1, 0.15) is 22.0 Å².